The fourth-order valence-corrected chi connectivity index (χ4v) is 7.72. The van der Waals surface area contributed by atoms with E-state index in [-0.39, 0.29) is 31.0 Å². The average Bonchev–Trinajstić information content (AvgIpc) is 2.92. The van der Waals surface area contributed by atoms with Gasteiger partial charge in [-0.05, 0) is 92.3 Å². The maximum Gasteiger partial charge on any atom is 1.00 e. The van der Waals surface area contributed by atoms with Gasteiger partial charge in [0.15, 0.2) is 0 Å². The summed E-state index contributed by atoms with van der Waals surface area (Å²) in [4.78, 5) is 0. The van der Waals surface area contributed by atoms with Crippen molar-refractivity contribution in [2.75, 3.05) is 7.11 Å². The number of hydrogen-bond acceptors (Lipinski definition) is 2. The molecule has 4 aliphatic rings. The van der Waals surface area contributed by atoms with Crippen LogP contribution in [0.25, 0.3) is 0 Å². The summed E-state index contributed by atoms with van der Waals surface area (Å²) in [6, 6.07) is 0. The van der Waals surface area contributed by atoms with Crippen LogP contribution in [-0.4, -0.2) is 23.9 Å². The first-order chi connectivity index (χ1) is 11.4. The van der Waals surface area contributed by atoms with E-state index in [0.717, 1.165) is 37.0 Å². The van der Waals surface area contributed by atoms with Gasteiger partial charge in [-0.1, -0.05) is 19.8 Å². The van der Waals surface area contributed by atoms with Crippen LogP contribution in [0.3, 0.4) is 0 Å². The largest absolute Gasteiger partial charge is 1.00 e. The molecule has 4 aliphatic carbocycles. The molecule has 25 heavy (non-hydrogen) atoms. The van der Waals surface area contributed by atoms with Crippen molar-refractivity contribution in [1.82, 2.24) is 0 Å². The number of hydrogen-bond donors (Lipinski definition) is 1. The number of ether oxygens (including phenoxy) is 1. The second-order valence-corrected chi connectivity index (χ2v) is 9.88. The number of aliphatic hydroxyl groups is 1. The first-order valence-electron chi connectivity index (χ1n) is 10.1. The van der Waals surface area contributed by atoms with Gasteiger partial charge in [-0.15, -0.1) is 6.42 Å². The molecule has 4 saturated carbocycles. The van der Waals surface area contributed by atoms with Crippen molar-refractivity contribution in [3.05, 3.63) is 0 Å². The molecule has 136 valence electrons. The number of terminal acetylenes is 1. The van der Waals surface area contributed by atoms with Gasteiger partial charge in [0.2, 0.25) is 0 Å². The van der Waals surface area contributed by atoms with Crippen molar-refractivity contribution in [1.29, 1.82) is 0 Å². The molecule has 0 bridgehead atoms. The topological polar surface area (TPSA) is 29.5 Å². The zero-order valence-electron chi connectivity index (χ0n) is 17.7. The van der Waals surface area contributed by atoms with Crippen molar-refractivity contribution < 1.29 is 40.8 Å². The van der Waals surface area contributed by atoms with Crippen LogP contribution in [0.4, 0.5) is 0 Å². The third-order valence-electron chi connectivity index (χ3n) is 9.19. The minimum Gasteiger partial charge on any atom is -1.00 e. The van der Waals surface area contributed by atoms with Crippen LogP contribution in [0.2, 0.25) is 0 Å². The second-order valence-electron chi connectivity index (χ2n) is 9.88. The van der Waals surface area contributed by atoms with Gasteiger partial charge in [0.25, 0.3) is 0 Å². The first kappa shape index (κ1) is 20.2. The van der Waals surface area contributed by atoms with Crippen LogP contribution >= 0.6 is 0 Å². The maximum absolute atomic E-state index is 10.6. The van der Waals surface area contributed by atoms with Gasteiger partial charge >= 0.3 is 29.6 Å². The Morgan fingerprint density at radius 1 is 1.00 bits per heavy atom. The number of fused-ring (bicyclic) bond motifs is 5. The molecule has 0 aromatic carbocycles. The van der Waals surface area contributed by atoms with Crippen molar-refractivity contribution in [2.24, 2.45) is 34.5 Å². The molecule has 8 atom stereocenters. The third-order valence-corrected chi connectivity index (χ3v) is 9.19. The van der Waals surface area contributed by atoms with Crippen LogP contribution in [0.1, 0.15) is 73.1 Å². The van der Waals surface area contributed by atoms with Gasteiger partial charge in [-0.3, -0.25) is 0 Å². The summed E-state index contributed by atoms with van der Waals surface area (Å²) >= 11 is 0. The Morgan fingerprint density at radius 3 is 2.40 bits per heavy atom. The Kier molecular flexibility index (Phi) is 5.52. The molecular formula is C22H35NaO2. The van der Waals surface area contributed by atoms with Crippen molar-refractivity contribution in [3.8, 4) is 12.3 Å². The summed E-state index contributed by atoms with van der Waals surface area (Å²) in [5.41, 5.74) is -0.0550. The zero-order chi connectivity index (χ0) is 17.2. The van der Waals surface area contributed by atoms with E-state index in [1.807, 2.05) is 7.11 Å². The van der Waals surface area contributed by atoms with Crippen LogP contribution in [-0.2, 0) is 4.74 Å². The van der Waals surface area contributed by atoms with E-state index in [0.29, 0.717) is 22.9 Å². The molecule has 0 amide bonds. The van der Waals surface area contributed by atoms with Crippen molar-refractivity contribution in [3.63, 3.8) is 0 Å². The molecule has 2 nitrogen and oxygen atoms in total. The molecule has 0 spiro atoms. The first-order valence-corrected chi connectivity index (χ1v) is 10.1. The Morgan fingerprint density at radius 2 is 1.72 bits per heavy atom. The maximum atomic E-state index is 10.6. The average molecular weight is 355 g/mol. The van der Waals surface area contributed by atoms with Crippen LogP contribution in [0, 0.1) is 46.8 Å². The van der Waals surface area contributed by atoms with E-state index in [1.165, 1.54) is 38.5 Å². The molecule has 0 saturated heterocycles. The molecule has 3 heteroatoms. The minimum atomic E-state index is -0.839. The van der Waals surface area contributed by atoms with Gasteiger partial charge < -0.3 is 11.3 Å². The minimum absolute atomic E-state index is 0. The molecule has 4 rings (SSSR count). The Labute approximate surface area is 177 Å². The third kappa shape index (κ3) is 2.89. The fraction of sp³-hybridized carbons (Fsp3) is 0.909. The molecule has 0 radical (unpaired) electrons. The summed E-state index contributed by atoms with van der Waals surface area (Å²) in [5.74, 6) is 5.84. The summed E-state index contributed by atoms with van der Waals surface area (Å²) in [6.07, 6.45) is 16.7. The molecule has 4 fully saturated rings. The molecule has 0 aromatic heterocycles. The zero-order valence-corrected chi connectivity index (χ0v) is 18.7. The number of methoxy groups -OCH3 is 1. The SMILES string of the molecule is C#CC1(O)CC[C@@]2(C)C(CC[C@@H]3[C@H]2CC[C@]2(C)C(OC)CC[C@@H]32)C1.[H-].[Na+]. The smallest absolute Gasteiger partial charge is 1.00 e. The van der Waals surface area contributed by atoms with Crippen molar-refractivity contribution in [2.45, 2.75) is 83.3 Å². The predicted octanol–water partition coefficient (Wildman–Crippen LogP) is 1.52. The Balaban J connectivity index is 0.00000121. The molecule has 1 N–H and O–H groups in total. The van der Waals surface area contributed by atoms with E-state index in [9.17, 15) is 5.11 Å². The van der Waals surface area contributed by atoms with E-state index >= 15 is 0 Å². The van der Waals surface area contributed by atoms with E-state index < -0.39 is 5.60 Å². The summed E-state index contributed by atoms with van der Waals surface area (Å²) in [6.45, 7) is 5.03. The fourth-order valence-electron chi connectivity index (χ4n) is 7.72. The van der Waals surface area contributed by atoms with Gasteiger partial charge in [0.1, 0.15) is 5.60 Å². The molecule has 3 unspecified atom stereocenters. The quantitative estimate of drug-likeness (QED) is 0.572. The molecule has 0 aliphatic heterocycles. The number of rotatable bonds is 1. The summed E-state index contributed by atoms with van der Waals surface area (Å²) < 4.78 is 5.88. The van der Waals surface area contributed by atoms with E-state index in [2.05, 4.69) is 19.8 Å². The molecule has 0 heterocycles. The molecule has 0 aromatic rings. The van der Waals surface area contributed by atoms with Crippen LogP contribution in [0.15, 0.2) is 0 Å². The monoisotopic (exact) mass is 354 g/mol. The van der Waals surface area contributed by atoms with Gasteiger partial charge in [0, 0.05) is 7.11 Å². The van der Waals surface area contributed by atoms with E-state index in [1.54, 1.807) is 0 Å². The van der Waals surface area contributed by atoms with Gasteiger partial charge in [-0.25, -0.2) is 0 Å². The predicted molar refractivity (Wildman–Crippen MR) is 97.4 cm³/mol. The normalized spacial score (nSPS) is 54.4. The van der Waals surface area contributed by atoms with Gasteiger partial charge in [0.05, 0.1) is 6.10 Å². The van der Waals surface area contributed by atoms with Gasteiger partial charge in [-0.2, -0.15) is 0 Å². The van der Waals surface area contributed by atoms with Crippen molar-refractivity contribution >= 4 is 0 Å². The van der Waals surface area contributed by atoms with Crippen LogP contribution < -0.4 is 29.6 Å². The molecular weight excluding hydrogens is 319 g/mol. The summed E-state index contributed by atoms with van der Waals surface area (Å²) in [5, 5.41) is 10.6. The Bertz CT molecular complexity index is 563. The standard InChI is InChI=1S/C22H34O2.Na.H/c1-5-22(23)13-12-20(2)15(14-22)6-7-16-17-8-9-19(24-4)21(17,3)11-10-18(16)20;;/h1,15-19,23H,6-14H2,2-4H3;;/q;+1;-1/t15?,16-,17-,18+,19?,20-,21-,22?;;/m0../s1. The van der Waals surface area contributed by atoms with E-state index in [4.69, 9.17) is 11.2 Å². The Hall–Kier alpha value is 0.480. The van der Waals surface area contributed by atoms with Crippen LogP contribution in [0.5, 0.6) is 0 Å². The summed E-state index contributed by atoms with van der Waals surface area (Å²) in [7, 11) is 1.91. The second kappa shape index (κ2) is 6.82.